The molecular formula is C17H26N2O. The zero-order valence-electron chi connectivity index (χ0n) is 12.2. The number of nitrogens with two attached hydrogens (primary N) is 1. The van der Waals surface area contributed by atoms with Gasteiger partial charge in [0.05, 0.1) is 13.2 Å². The van der Waals surface area contributed by atoms with Gasteiger partial charge in [-0.05, 0) is 43.8 Å². The molecule has 2 saturated heterocycles. The highest BCUT2D eigenvalue weighted by molar-refractivity contribution is 5.15. The monoisotopic (exact) mass is 274 g/mol. The maximum atomic E-state index is 6.07. The number of piperidine rings is 1. The van der Waals surface area contributed by atoms with Gasteiger partial charge in [-0.25, -0.2) is 0 Å². The van der Waals surface area contributed by atoms with Crippen LogP contribution in [0.1, 0.15) is 18.4 Å². The Labute approximate surface area is 122 Å². The van der Waals surface area contributed by atoms with Gasteiger partial charge in [-0.3, -0.25) is 0 Å². The normalized spacial score (nSPS) is 28.9. The Morgan fingerprint density at radius 2 is 1.85 bits per heavy atom. The average Bonchev–Trinajstić information content (AvgIpc) is 2.88. The van der Waals surface area contributed by atoms with Gasteiger partial charge in [0, 0.05) is 18.5 Å². The zero-order valence-corrected chi connectivity index (χ0v) is 12.2. The van der Waals surface area contributed by atoms with Crippen LogP contribution in [0.4, 0.5) is 0 Å². The molecule has 3 heteroatoms. The molecule has 0 aliphatic carbocycles. The van der Waals surface area contributed by atoms with E-state index in [0.717, 1.165) is 25.7 Å². The van der Waals surface area contributed by atoms with Crippen molar-refractivity contribution >= 4 is 0 Å². The lowest BCUT2D eigenvalue weighted by Gasteiger charge is -2.34. The molecule has 2 aliphatic heterocycles. The topological polar surface area (TPSA) is 38.5 Å². The summed E-state index contributed by atoms with van der Waals surface area (Å²) in [7, 11) is 0. The maximum Gasteiger partial charge on any atom is 0.0621 e. The standard InChI is InChI=1S/C17H26N2O/c18-17-13-20-12-16(17)11-19-8-6-15(7-9-19)10-14-4-2-1-3-5-14/h1-5,15-17H,6-13,18H2. The lowest BCUT2D eigenvalue weighted by atomic mass is 9.89. The third-order valence-electron chi connectivity index (χ3n) is 4.81. The molecular weight excluding hydrogens is 248 g/mol. The second kappa shape index (κ2) is 6.70. The van der Waals surface area contributed by atoms with Gasteiger partial charge in [0.2, 0.25) is 0 Å². The molecule has 1 aromatic carbocycles. The van der Waals surface area contributed by atoms with Crippen molar-refractivity contribution in [2.45, 2.75) is 25.3 Å². The van der Waals surface area contributed by atoms with Crippen molar-refractivity contribution in [1.82, 2.24) is 4.90 Å². The second-order valence-electron chi connectivity index (χ2n) is 6.40. The second-order valence-corrected chi connectivity index (χ2v) is 6.40. The molecule has 2 fully saturated rings. The highest BCUT2D eigenvalue weighted by atomic mass is 16.5. The number of benzene rings is 1. The summed E-state index contributed by atoms with van der Waals surface area (Å²) in [6.45, 7) is 5.17. The van der Waals surface area contributed by atoms with Gasteiger partial charge in [0.25, 0.3) is 0 Å². The number of likely N-dealkylation sites (tertiary alicyclic amines) is 1. The molecule has 20 heavy (non-hydrogen) atoms. The SMILES string of the molecule is NC1COCC1CN1CCC(Cc2ccccc2)CC1. The minimum atomic E-state index is 0.247. The van der Waals surface area contributed by atoms with Crippen LogP contribution < -0.4 is 5.73 Å². The van der Waals surface area contributed by atoms with Crippen molar-refractivity contribution < 1.29 is 4.74 Å². The summed E-state index contributed by atoms with van der Waals surface area (Å²) in [5.74, 6) is 1.39. The molecule has 2 atom stereocenters. The molecule has 0 spiro atoms. The first-order valence-electron chi connectivity index (χ1n) is 7.91. The summed E-state index contributed by atoms with van der Waals surface area (Å²) in [6, 6.07) is 11.1. The van der Waals surface area contributed by atoms with Crippen LogP contribution in [-0.4, -0.2) is 43.8 Å². The summed E-state index contributed by atoms with van der Waals surface area (Å²) < 4.78 is 5.46. The molecule has 2 heterocycles. The highest BCUT2D eigenvalue weighted by Gasteiger charge is 2.28. The lowest BCUT2D eigenvalue weighted by Crippen LogP contribution is -2.42. The van der Waals surface area contributed by atoms with Gasteiger partial charge < -0.3 is 15.4 Å². The Bertz CT molecular complexity index is 401. The molecule has 0 saturated carbocycles. The van der Waals surface area contributed by atoms with E-state index in [9.17, 15) is 0 Å². The Kier molecular flexibility index (Phi) is 4.71. The van der Waals surface area contributed by atoms with Crippen LogP contribution in [-0.2, 0) is 11.2 Å². The smallest absolute Gasteiger partial charge is 0.0621 e. The Balaban J connectivity index is 1.43. The summed E-state index contributed by atoms with van der Waals surface area (Å²) in [4.78, 5) is 2.58. The van der Waals surface area contributed by atoms with E-state index in [1.54, 1.807) is 0 Å². The van der Waals surface area contributed by atoms with E-state index in [0.29, 0.717) is 5.92 Å². The first-order chi connectivity index (χ1) is 9.81. The summed E-state index contributed by atoms with van der Waals surface area (Å²) >= 11 is 0. The van der Waals surface area contributed by atoms with Gasteiger partial charge in [-0.2, -0.15) is 0 Å². The predicted octanol–water partition coefficient (Wildman–Crippen LogP) is 1.91. The van der Waals surface area contributed by atoms with E-state index < -0.39 is 0 Å². The van der Waals surface area contributed by atoms with Crippen LogP contribution >= 0.6 is 0 Å². The fourth-order valence-corrected chi connectivity index (χ4v) is 3.46. The molecule has 2 aliphatic rings. The van der Waals surface area contributed by atoms with Crippen molar-refractivity contribution in [3.05, 3.63) is 35.9 Å². The summed E-state index contributed by atoms with van der Waals surface area (Å²) in [5.41, 5.74) is 7.56. The number of hydrogen-bond acceptors (Lipinski definition) is 3. The van der Waals surface area contributed by atoms with Crippen molar-refractivity contribution in [3.63, 3.8) is 0 Å². The highest BCUT2D eigenvalue weighted by Crippen LogP contribution is 2.23. The predicted molar refractivity (Wildman–Crippen MR) is 81.6 cm³/mol. The van der Waals surface area contributed by atoms with Gasteiger partial charge in [0.1, 0.15) is 0 Å². The fraction of sp³-hybridized carbons (Fsp3) is 0.647. The lowest BCUT2D eigenvalue weighted by molar-refractivity contribution is 0.140. The van der Waals surface area contributed by atoms with Crippen LogP contribution in [0.5, 0.6) is 0 Å². The molecule has 0 aromatic heterocycles. The molecule has 0 amide bonds. The number of ether oxygens (including phenoxy) is 1. The van der Waals surface area contributed by atoms with Crippen molar-refractivity contribution in [3.8, 4) is 0 Å². The third-order valence-corrected chi connectivity index (χ3v) is 4.81. The minimum absolute atomic E-state index is 0.247. The van der Waals surface area contributed by atoms with Crippen LogP contribution in [0.3, 0.4) is 0 Å². The molecule has 0 radical (unpaired) electrons. The van der Waals surface area contributed by atoms with Crippen molar-refractivity contribution in [1.29, 1.82) is 0 Å². The number of rotatable bonds is 4. The maximum absolute atomic E-state index is 6.07. The van der Waals surface area contributed by atoms with Gasteiger partial charge in [-0.15, -0.1) is 0 Å². The molecule has 3 nitrogen and oxygen atoms in total. The van der Waals surface area contributed by atoms with E-state index in [-0.39, 0.29) is 6.04 Å². The van der Waals surface area contributed by atoms with Crippen molar-refractivity contribution in [2.24, 2.45) is 17.6 Å². The van der Waals surface area contributed by atoms with E-state index >= 15 is 0 Å². The Hall–Kier alpha value is -0.900. The van der Waals surface area contributed by atoms with Crippen LogP contribution in [0.25, 0.3) is 0 Å². The van der Waals surface area contributed by atoms with Gasteiger partial charge >= 0.3 is 0 Å². The van der Waals surface area contributed by atoms with Crippen LogP contribution in [0.2, 0.25) is 0 Å². The van der Waals surface area contributed by atoms with E-state index in [2.05, 4.69) is 35.2 Å². The van der Waals surface area contributed by atoms with Crippen LogP contribution in [0, 0.1) is 11.8 Å². The minimum Gasteiger partial charge on any atom is -0.379 e. The summed E-state index contributed by atoms with van der Waals surface area (Å²) in [5, 5.41) is 0. The molecule has 2 unspecified atom stereocenters. The molecule has 110 valence electrons. The van der Waals surface area contributed by atoms with E-state index in [1.165, 1.54) is 37.9 Å². The van der Waals surface area contributed by atoms with E-state index in [1.807, 2.05) is 0 Å². The van der Waals surface area contributed by atoms with Crippen LogP contribution in [0.15, 0.2) is 30.3 Å². The quantitative estimate of drug-likeness (QED) is 0.911. The first-order valence-corrected chi connectivity index (χ1v) is 7.91. The Morgan fingerprint density at radius 1 is 1.10 bits per heavy atom. The summed E-state index contributed by atoms with van der Waals surface area (Å²) in [6.07, 6.45) is 3.87. The number of hydrogen-bond donors (Lipinski definition) is 1. The largest absolute Gasteiger partial charge is 0.379 e. The van der Waals surface area contributed by atoms with E-state index in [4.69, 9.17) is 10.5 Å². The molecule has 3 rings (SSSR count). The Morgan fingerprint density at radius 3 is 2.50 bits per heavy atom. The first kappa shape index (κ1) is 14.1. The molecule has 2 N–H and O–H groups in total. The number of nitrogens with zero attached hydrogens (tertiary/aromatic N) is 1. The van der Waals surface area contributed by atoms with Gasteiger partial charge in [0.15, 0.2) is 0 Å². The average molecular weight is 274 g/mol. The van der Waals surface area contributed by atoms with Crippen molar-refractivity contribution in [2.75, 3.05) is 32.8 Å². The van der Waals surface area contributed by atoms with Gasteiger partial charge in [-0.1, -0.05) is 30.3 Å². The molecule has 1 aromatic rings. The fourth-order valence-electron chi connectivity index (χ4n) is 3.46. The molecule has 0 bridgehead atoms. The third kappa shape index (κ3) is 3.60. The zero-order chi connectivity index (χ0) is 13.8.